The predicted octanol–water partition coefficient (Wildman–Crippen LogP) is 4.61. The van der Waals surface area contributed by atoms with Crippen molar-refractivity contribution in [3.05, 3.63) is 50.9 Å². The second-order valence-corrected chi connectivity index (χ2v) is 7.60. The van der Waals surface area contributed by atoms with Crippen LogP contribution in [0.4, 0.5) is 5.00 Å². The van der Waals surface area contributed by atoms with Crippen molar-refractivity contribution in [2.75, 3.05) is 5.32 Å². The van der Waals surface area contributed by atoms with Crippen LogP contribution in [0.5, 0.6) is 0 Å². The number of anilines is 1. The number of rotatable bonds is 2. The number of carbonyl (C=O) groups excluding carboxylic acids is 1. The topological polar surface area (TPSA) is 52.9 Å². The predicted molar refractivity (Wildman–Crippen MR) is 94.1 cm³/mol. The molecule has 1 atom stereocenters. The third-order valence-electron chi connectivity index (χ3n) is 4.33. The number of thiophene rings is 1. The van der Waals surface area contributed by atoms with Crippen LogP contribution in [0.3, 0.4) is 0 Å². The lowest BCUT2D eigenvalue weighted by Crippen LogP contribution is -2.12. The highest BCUT2D eigenvalue weighted by Crippen LogP contribution is 2.39. The van der Waals surface area contributed by atoms with Gasteiger partial charge in [-0.1, -0.05) is 24.1 Å². The minimum atomic E-state index is -0.139. The summed E-state index contributed by atoms with van der Waals surface area (Å²) >= 11 is 1.57. The number of nitrogens with zero attached hydrogens (tertiary/aromatic N) is 1. The van der Waals surface area contributed by atoms with E-state index in [1.54, 1.807) is 11.3 Å². The summed E-state index contributed by atoms with van der Waals surface area (Å²) in [4.78, 5) is 13.8. The monoisotopic (exact) mass is 324 g/mol. The van der Waals surface area contributed by atoms with Gasteiger partial charge in [0.25, 0.3) is 5.91 Å². The van der Waals surface area contributed by atoms with Crippen LogP contribution in [0.15, 0.2) is 18.2 Å². The van der Waals surface area contributed by atoms with E-state index in [0.717, 1.165) is 36.0 Å². The van der Waals surface area contributed by atoms with Crippen molar-refractivity contribution in [1.82, 2.24) is 0 Å². The molecule has 2 aromatic rings. The summed E-state index contributed by atoms with van der Waals surface area (Å²) in [5.41, 5.74) is 4.58. The molecule has 118 valence electrons. The van der Waals surface area contributed by atoms with E-state index < -0.39 is 0 Å². The van der Waals surface area contributed by atoms with Crippen molar-refractivity contribution in [3.63, 3.8) is 0 Å². The lowest BCUT2D eigenvalue weighted by molar-refractivity contribution is 0.102. The van der Waals surface area contributed by atoms with Gasteiger partial charge in [-0.05, 0) is 56.7 Å². The van der Waals surface area contributed by atoms with Gasteiger partial charge in [-0.2, -0.15) is 5.26 Å². The normalized spacial score (nSPS) is 16.5. The Labute approximate surface area is 141 Å². The first-order chi connectivity index (χ1) is 11.0. The van der Waals surface area contributed by atoms with E-state index in [1.165, 1.54) is 4.88 Å². The Hall–Kier alpha value is -2.12. The van der Waals surface area contributed by atoms with E-state index in [9.17, 15) is 10.1 Å². The quantitative estimate of drug-likeness (QED) is 0.876. The Morgan fingerprint density at radius 1 is 1.30 bits per heavy atom. The summed E-state index contributed by atoms with van der Waals surface area (Å²) in [5, 5.41) is 13.2. The van der Waals surface area contributed by atoms with Gasteiger partial charge in [-0.3, -0.25) is 4.79 Å². The molecule has 1 amide bonds. The number of aryl methyl sites for hydroxylation is 2. The third kappa shape index (κ3) is 3.16. The van der Waals surface area contributed by atoms with Crippen LogP contribution in [0, 0.1) is 31.1 Å². The maximum absolute atomic E-state index is 12.5. The molecular formula is C19H20N2OS. The molecule has 1 N–H and O–H groups in total. The number of hydrogen-bond donors (Lipinski definition) is 1. The summed E-state index contributed by atoms with van der Waals surface area (Å²) in [6.07, 6.45) is 3.06. The van der Waals surface area contributed by atoms with E-state index in [0.29, 0.717) is 22.0 Å². The van der Waals surface area contributed by atoms with Crippen molar-refractivity contribution in [2.24, 2.45) is 5.92 Å². The largest absolute Gasteiger partial charge is 0.312 e. The molecule has 0 bridgehead atoms. The molecule has 1 aromatic carbocycles. The first kappa shape index (κ1) is 15.8. The zero-order valence-electron chi connectivity index (χ0n) is 13.7. The maximum Gasteiger partial charge on any atom is 0.256 e. The Balaban J connectivity index is 1.91. The van der Waals surface area contributed by atoms with Gasteiger partial charge in [0.2, 0.25) is 0 Å². The fraction of sp³-hybridized carbons (Fsp3) is 0.368. The molecular weight excluding hydrogens is 304 g/mol. The van der Waals surface area contributed by atoms with Crippen LogP contribution in [-0.2, 0) is 12.8 Å². The van der Waals surface area contributed by atoms with E-state index >= 15 is 0 Å². The Bertz CT molecular complexity index is 793. The Kier molecular flexibility index (Phi) is 4.23. The molecule has 4 heteroatoms. The number of nitrogens with one attached hydrogen (secondary N) is 1. The molecule has 0 aliphatic heterocycles. The average molecular weight is 324 g/mol. The molecule has 0 fully saturated rings. The lowest BCUT2D eigenvalue weighted by Gasteiger charge is -2.17. The Morgan fingerprint density at radius 3 is 2.65 bits per heavy atom. The van der Waals surface area contributed by atoms with Crippen molar-refractivity contribution in [2.45, 2.75) is 40.0 Å². The minimum absolute atomic E-state index is 0.139. The van der Waals surface area contributed by atoms with Gasteiger partial charge in [0, 0.05) is 10.4 Å². The first-order valence-corrected chi connectivity index (χ1v) is 8.74. The number of carbonyl (C=O) groups is 1. The lowest BCUT2D eigenvalue weighted by atomic mass is 9.88. The van der Waals surface area contributed by atoms with E-state index in [4.69, 9.17) is 0 Å². The molecule has 0 spiro atoms. The van der Waals surface area contributed by atoms with Crippen molar-refractivity contribution in [1.29, 1.82) is 5.26 Å². The number of benzene rings is 1. The summed E-state index contributed by atoms with van der Waals surface area (Å²) in [7, 11) is 0. The molecule has 3 nitrogen and oxygen atoms in total. The standard InChI is InChI=1S/C19H20N2OS/c1-11-4-5-15-16(10-20)19(23-17(15)9-11)21-18(22)14-7-12(2)6-13(3)8-14/h6-8,11H,4-5,9H2,1-3H3,(H,21,22). The first-order valence-electron chi connectivity index (χ1n) is 7.92. The smallest absolute Gasteiger partial charge is 0.256 e. The molecule has 0 saturated carbocycles. The number of hydrogen-bond acceptors (Lipinski definition) is 3. The number of fused-ring (bicyclic) bond motifs is 1. The summed E-state index contributed by atoms with van der Waals surface area (Å²) in [6, 6.07) is 8.10. The molecule has 0 saturated heterocycles. The number of nitriles is 1. The zero-order valence-corrected chi connectivity index (χ0v) is 14.5. The molecule has 1 aliphatic carbocycles. The van der Waals surface area contributed by atoms with Crippen LogP contribution in [-0.4, -0.2) is 5.91 Å². The van der Waals surface area contributed by atoms with Gasteiger partial charge < -0.3 is 5.32 Å². The van der Waals surface area contributed by atoms with E-state index in [1.807, 2.05) is 32.0 Å². The van der Waals surface area contributed by atoms with Gasteiger partial charge in [-0.15, -0.1) is 11.3 Å². The fourth-order valence-corrected chi connectivity index (χ4v) is 4.59. The van der Waals surface area contributed by atoms with Gasteiger partial charge in [0.05, 0.1) is 5.56 Å². The van der Waals surface area contributed by atoms with Crippen LogP contribution >= 0.6 is 11.3 Å². The van der Waals surface area contributed by atoms with E-state index in [2.05, 4.69) is 18.3 Å². The van der Waals surface area contributed by atoms with Gasteiger partial charge >= 0.3 is 0 Å². The SMILES string of the molecule is Cc1cc(C)cc(C(=O)Nc2sc3c(c2C#N)CCC(C)C3)c1. The molecule has 1 aromatic heterocycles. The highest BCUT2D eigenvalue weighted by Gasteiger charge is 2.24. The van der Waals surface area contributed by atoms with Crippen molar-refractivity contribution >= 4 is 22.2 Å². The third-order valence-corrected chi connectivity index (χ3v) is 5.50. The highest BCUT2D eigenvalue weighted by molar-refractivity contribution is 7.16. The number of amides is 1. The zero-order chi connectivity index (χ0) is 16.6. The second kappa shape index (κ2) is 6.17. The van der Waals surface area contributed by atoms with Crippen LogP contribution < -0.4 is 5.32 Å². The van der Waals surface area contributed by atoms with Gasteiger partial charge in [0.15, 0.2) is 0 Å². The van der Waals surface area contributed by atoms with Crippen LogP contribution in [0.1, 0.15) is 50.8 Å². The molecule has 23 heavy (non-hydrogen) atoms. The maximum atomic E-state index is 12.5. The van der Waals surface area contributed by atoms with E-state index in [-0.39, 0.29) is 5.91 Å². The molecule has 1 heterocycles. The highest BCUT2D eigenvalue weighted by atomic mass is 32.1. The average Bonchev–Trinajstić information content (AvgIpc) is 2.82. The van der Waals surface area contributed by atoms with Crippen LogP contribution in [0.25, 0.3) is 0 Å². The summed E-state index contributed by atoms with van der Waals surface area (Å²) < 4.78 is 0. The van der Waals surface area contributed by atoms with Crippen molar-refractivity contribution < 1.29 is 4.79 Å². The van der Waals surface area contributed by atoms with Crippen molar-refractivity contribution in [3.8, 4) is 6.07 Å². The molecule has 0 radical (unpaired) electrons. The molecule has 1 unspecified atom stereocenters. The van der Waals surface area contributed by atoms with Crippen LogP contribution in [0.2, 0.25) is 0 Å². The molecule has 3 rings (SSSR count). The molecule has 1 aliphatic rings. The minimum Gasteiger partial charge on any atom is -0.312 e. The second-order valence-electron chi connectivity index (χ2n) is 6.50. The Morgan fingerprint density at radius 2 is 2.00 bits per heavy atom. The summed E-state index contributed by atoms with van der Waals surface area (Å²) in [6.45, 7) is 6.20. The van der Waals surface area contributed by atoms with Gasteiger partial charge in [-0.25, -0.2) is 0 Å². The fourth-order valence-electron chi connectivity index (χ4n) is 3.24. The van der Waals surface area contributed by atoms with Gasteiger partial charge in [0.1, 0.15) is 11.1 Å². The summed E-state index contributed by atoms with van der Waals surface area (Å²) in [5.74, 6) is 0.510.